The number of nitrogens with zero attached hydrogens (tertiary/aromatic N) is 1. The molecule has 0 radical (unpaired) electrons. The van der Waals surface area contributed by atoms with Crippen LogP contribution in [0.15, 0.2) is 78.9 Å². The van der Waals surface area contributed by atoms with Crippen molar-refractivity contribution in [3.8, 4) is 11.1 Å². The third-order valence-electron chi connectivity index (χ3n) is 5.66. The Kier molecular flexibility index (Phi) is 6.02. The molecular weight excluding hydrogens is 382 g/mol. The van der Waals surface area contributed by atoms with E-state index in [9.17, 15) is 5.11 Å². The highest BCUT2D eigenvalue weighted by Gasteiger charge is 2.39. The zero-order chi connectivity index (χ0) is 20.3. The fourth-order valence-electron chi connectivity index (χ4n) is 4.04. The molecule has 1 fully saturated rings. The van der Waals surface area contributed by atoms with Gasteiger partial charge in [-0.2, -0.15) is 0 Å². The van der Waals surface area contributed by atoms with E-state index < -0.39 is 5.60 Å². The first kappa shape index (κ1) is 20.1. The Hall–Kier alpha value is -2.17. The summed E-state index contributed by atoms with van der Waals surface area (Å²) in [5, 5.41) is 12.3. The van der Waals surface area contributed by atoms with Gasteiger partial charge in [-0.1, -0.05) is 84.4 Å². The maximum atomic E-state index is 11.6. The minimum Gasteiger partial charge on any atom is -0.383 e. The third kappa shape index (κ3) is 4.39. The Morgan fingerprint density at radius 3 is 2.38 bits per heavy atom. The Morgan fingerprint density at radius 1 is 0.966 bits per heavy atom. The molecular formula is C25H26ClNO2. The molecule has 150 valence electrons. The van der Waals surface area contributed by atoms with Crippen LogP contribution in [0.1, 0.15) is 18.1 Å². The second-order valence-corrected chi connectivity index (χ2v) is 8.16. The van der Waals surface area contributed by atoms with Crippen molar-refractivity contribution < 1.29 is 9.84 Å². The summed E-state index contributed by atoms with van der Waals surface area (Å²) in [5.74, 6) is 0. The highest BCUT2D eigenvalue weighted by atomic mass is 35.5. The summed E-state index contributed by atoms with van der Waals surface area (Å²) in [6, 6.07) is 26.1. The van der Waals surface area contributed by atoms with Gasteiger partial charge in [-0.3, -0.25) is 4.90 Å². The van der Waals surface area contributed by atoms with Gasteiger partial charge in [-0.15, -0.1) is 0 Å². The standard InChI is InChI=1S/C25H26ClNO2/c1-25(28,22-13-7-5-11-20(22)21-12-6-8-14-23(21)26)24-18-27(15-16-29-24)17-19-9-3-2-4-10-19/h2-14,24,28H,15-18H2,1H3. The Morgan fingerprint density at radius 2 is 1.62 bits per heavy atom. The van der Waals surface area contributed by atoms with Gasteiger partial charge in [0.05, 0.1) is 6.61 Å². The molecule has 0 spiro atoms. The highest BCUT2D eigenvalue weighted by Crippen LogP contribution is 2.38. The summed E-state index contributed by atoms with van der Waals surface area (Å²) in [7, 11) is 0. The summed E-state index contributed by atoms with van der Waals surface area (Å²) < 4.78 is 6.06. The molecule has 1 aliphatic heterocycles. The second kappa shape index (κ2) is 8.68. The lowest BCUT2D eigenvalue weighted by Gasteiger charge is -2.41. The average Bonchev–Trinajstić information content (AvgIpc) is 2.75. The van der Waals surface area contributed by atoms with Gasteiger partial charge in [0.1, 0.15) is 11.7 Å². The highest BCUT2D eigenvalue weighted by molar-refractivity contribution is 6.33. The number of aliphatic hydroxyl groups is 1. The minimum atomic E-state index is -1.15. The van der Waals surface area contributed by atoms with E-state index in [1.54, 1.807) is 0 Å². The van der Waals surface area contributed by atoms with Crippen molar-refractivity contribution in [2.75, 3.05) is 19.7 Å². The molecule has 1 saturated heterocycles. The SMILES string of the molecule is CC(O)(c1ccccc1-c1ccccc1Cl)C1CN(Cc2ccccc2)CCO1. The first-order chi connectivity index (χ1) is 14.1. The van der Waals surface area contributed by atoms with Gasteiger partial charge in [0.25, 0.3) is 0 Å². The van der Waals surface area contributed by atoms with Gasteiger partial charge < -0.3 is 9.84 Å². The summed E-state index contributed by atoms with van der Waals surface area (Å²) in [6.07, 6.45) is -0.330. The van der Waals surface area contributed by atoms with E-state index >= 15 is 0 Å². The molecule has 0 aliphatic carbocycles. The number of ether oxygens (including phenoxy) is 1. The molecule has 4 heteroatoms. The molecule has 3 aromatic rings. The smallest absolute Gasteiger partial charge is 0.115 e. The number of halogens is 1. The van der Waals surface area contributed by atoms with Crippen LogP contribution in [0.25, 0.3) is 11.1 Å². The lowest BCUT2D eigenvalue weighted by Crippen LogP contribution is -2.51. The van der Waals surface area contributed by atoms with Gasteiger partial charge in [-0.05, 0) is 29.7 Å². The van der Waals surface area contributed by atoms with Crippen LogP contribution >= 0.6 is 11.6 Å². The fourth-order valence-corrected chi connectivity index (χ4v) is 4.28. The van der Waals surface area contributed by atoms with E-state index in [4.69, 9.17) is 16.3 Å². The second-order valence-electron chi connectivity index (χ2n) is 7.75. The molecule has 3 aromatic carbocycles. The van der Waals surface area contributed by atoms with Crippen LogP contribution in [-0.4, -0.2) is 35.8 Å². The molecule has 2 unspecified atom stereocenters. The van der Waals surface area contributed by atoms with Gasteiger partial charge in [0, 0.05) is 30.2 Å². The number of morpholine rings is 1. The predicted molar refractivity (Wildman–Crippen MR) is 118 cm³/mol. The van der Waals surface area contributed by atoms with Crippen molar-refractivity contribution in [3.05, 3.63) is 95.0 Å². The quantitative estimate of drug-likeness (QED) is 0.637. The summed E-state index contributed by atoms with van der Waals surface area (Å²) in [5.41, 5.74) is 2.81. The lowest BCUT2D eigenvalue weighted by atomic mass is 9.83. The lowest BCUT2D eigenvalue weighted by molar-refractivity contribution is -0.141. The Labute approximate surface area is 177 Å². The normalized spacial score (nSPS) is 19.6. The molecule has 3 nitrogen and oxygen atoms in total. The van der Waals surface area contributed by atoms with E-state index in [1.165, 1.54) is 5.56 Å². The third-order valence-corrected chi connectivity index (χ3v) is 5.99. The largest absolute Gasteiger partial charge is 0.383 e. The molecule has 0 amide bonds. The van der Waals surface area contributed by atoms with Gasteiger partial charge in [-0.25, -0.2) is 0 Å². The molecule has 0 aromatic heterocycles. The number of rotatable bonds is 5. The number of hydrogen-bond acceptors (Lipinski definition) is 3. The molecule has 0 bridgehead atoms. The number of hydrogen-bond donors (Lipinski definition) is 1. The van der Waals surface area contributed by atoms with E-state index in [0.717, 1.165) is 29.8 Å². The van der Waals surface area contributed by atoms with Crippen LogP contribution in [0.5, 0.6) is 0 Å². The van der Waals surface area contributed by atoms with Crippen LogP contribution in [0, 0.1) is 0 Å². The van der Waals surface area contributed by atoms with Crippen molar-refractivity contribution in [2.45, 2.75) is 25.2 Å². The fraction of sp³-hybridized carbons (Fsp3) is 0.280. The van der Waals surface area contributed by atoms with Crippen LogP contribution in [0.3, 0.4) is 0 Å². The van der Waals surface area contributed by atoms with Gasteiger partial charge in [0.2, 0.25) is 0 Å². The summed E-state index contributed by atoms with van der Waals surface area (Å²) >= 11 is 6.46. The molecule has 1 aliphatic rings. The Balaban J connectivity index is 1.61. The zero-order valence-electron chi connectivity index (χ0n) is 16.6. The molecule has 0 saturated carbocycles. The first-order valence-corrected chi connectivity index (χ1v) is 10.4. The van der Waals surface area contributed by atoms with Crippen molar-refractivity contribution in [2.24, 2.45) is 0 Å². The molecule has 1 N–H and O–H groups in total. The minimum absolute atomic E-state index is 0.330. The Bertz CT molecular complexity index is 958. The first-order valence-electron chi connectivity index (χ1n) is 10.0. The van der Waals surface area contributed by atoms with E-state index in [2.05, 4.69) is 29.2 Å². The van der Waals surface area contributed by atoms with Crippen molar-refractivity contribution >= 4 is 11.6 Å². The summed E-state index contributed by atoms with van der Waals surface area (Å²) in [6.45, 7) is 4.82. The zero-order valence-corrected chi connectivity index (χ0v) is 17.3. The summed E-state index contributed by atoms with van der Waals surface area (Å²) in [4.78, 5) is 2.34. The average molecular weight is 408 g/mol. The molecule has 29 heavy (non-hydrogen) atoms. The monoisotopic (exact) mass is 407 g/mol. The van der Waals surface area contributed by atoms with Crippen LogP contribution in [-0.2, 0) is 16.9 Å². The van der Waals surface area contributed by atoms with Crippen LogP contribution < -0.4 is 0 Å². The topological polar surface area (TPSA) is 32.7 Å². The van der Waals surface area contributed by atoms with E-state index in [1.807, 2.05) is 61.5 Å². The predicted octanol–water partition coefficient (Wildman–Crippen LogP) is 5.12. The molecule has 1 heterocycles. The maximum absolute atomic E-state index is 11.6. The van der Waals surface area contributed by atoms with Gasteiger partial charge in [0.15, 0.2) is 0 Å². The van der Waals surface area contributed by atoms with Crippen molar-refractivity contribution in [1.29, 1.82) is 0 Å². The number of benzene rings is 3. The van der Waals surface area contributed by atoms with E-state index in [0.29, 0.717) is 18.2 Å². The van der Waals surface area contributed by atoms with Crippen molar-refractivity contribution in [1.82, 2.24) is 4.90 Å². The van der Waals surface area contributed by atoms with E-state index in [-0.39, 0.29) is 6.10 Å². The maximum Gasteiger partial charge on any atom is 0.115 e. The van der Waals surface area contributed by atoms with Crippen LogP contribution in [0.4, 0.5) is 0 Å². The van der Waals surface area contributed by atoms with Crippen LogP contribution in [0.2, 0.25) is 5.02 Å². The molecule has 4 rings (SSSR count). The van der Waals surface area contributed by atoms with Gasteiger partial charge >= 0.3 is 0 Å². The molecule has 2 atom stereocenters. The van der Waals surface area contributed by atoms with Crippen molar-refractivity contribution in [3.63, 3.8) is 0 Å².